The number of amides is 5. The van der Waals surface area contributed by atoms with Gasteiger partial charge in [-0.3, -0.25) is 24.1 Å². The van der Waals surface area contributed by atoms with Crippen molar-refractivity contribution in [2.24, 2.45) is 23.7 Å². The summed E-state index contributed by atoms with van der Waals surface area (Å²) in [7, 11) is -1.93. The number of sulfonamides is 1. The number of likely N-dealkylation sites (tertiary alicyclic amines) is 2. The number of nitrogens with zero attached hydrogens (tertiary/aromatic N) is 4. The molecule has 70 heavy (non-hydrogen) atoms. The molecule has 3 saturated heterocycles. The summed E-state index contributed by atoms with van der Waals surface area (Å²) in [5.74, 6) is 0.633. The maximum Gasteiger partial charge on any atom is 0.410 e. The molecule has 0 unspecified atom stereocenters. The molecule has 1 saturated carbocycles. The molecule has 3 aromatic carbocycles. The number of hydrogen-bond donors (Lipinski definition) is 2. The number of rotatable bonds is 17. The molecule has 0 aromatic heterocycles. The lowest BCUT2D eigenvalue weighted by Crippen LogP contribution is -2.57. The molecular weight excluding hydrogens is 913 g/mol. The molecule has 4 fully saturated rings. The standard InChI is InChI=1S/C30H39N3O5.C23H35N3O5S/c1-20(2)26(31-28(34)21(3)32(4)30(36)37-19-22-11-7-5-8-12-22)29(35)33-18-17-23-15-16-25(27(23)33)38-24-13-9-6-10-14-24;1-6-16(4)22(27)24-20(15(2)3)23(28)25-13-12-18-21(25)19(14-26(18)32(5,29)30)31-17-10-8-7-9-11-17/h5-14,20-21,23,25-27H,15-19H2,1-4H3,(H,31,34);7-11,15-16,18-21H,6,12-14H2,1-5H3,(H,24,27)/t21-,23+,25-,26-,27-;16-,18-,19+,20+,21+/m01/s1. The van der Waals surface area contributed by atoms with Crippen LogP contribution in [0.1, 0.15) is 86.1 Å². The fraction of sp³-hybridized carbons (Fsp3) is 0.566. The van der Waals surface area contributed by atoms with E-state index in [1.54, 1.807) is 11.8 Å². The zero-order valence-corrected chi connectivity index (χ0v) is 43.0. The number of carbonyl (C=O) groups is 5. The lowest BCUT2D eigenvalue weighted by Gasteiger charge is -2.34. The van der Waals surface area contributed by atoms with Crippen LogP contribution in [0.25, 0.3) is 0 Å². The first-order valence-electron chi connectivity index (χ1n) is 24.9. The topological polar surface area (TPSA) is 184 Å². The van der Waals surface area contributed by atoms with E-state index < -0.39 is 52.3 Å². The van der Waals surface area contributed by atoms with Crippen molar-refractivity contribution >= 4 is 39.7 Å². The van der Waals surface area contributed by atoms with Crippen molar-refractivity contribution in [1.82, 2.24) is 29.6 Å². The van der Waals surface area contributed by atoms with Gasteiger partial charge in [0.05, 0.1) is 30.9 Å². The molecule has 3 aromatic rings. The molecule has 0 radical (unpaired) electrons. The highest BCUT2D eigenvalue weighted by Crippen LogP contribution is 2.41. The van der Waals surface area contributed by atoms with E-state index in [1.807, 2.05) is 137 Å². The van der Waals surface area contributed by atoms with E-state index in [-0.39, 0.29) is 66.8 Å². The predicted octanol–water partition coefficient (Wildman–Crippen LogP) is 6.11. The van der Waals surface area contributed by atoms with Crippen LogP contribution in [0, 0.1) is 23.7 Å². The van der Waals surface area contributed by atoms with Gasteiger partial charge >= 0.3 is 6.09 Å². The van der Waals surface area contributed by atoms with E-state index >= 15 is 0 Å². The summed E-state index contributed by atoms with van der Waals surface area (Å²) in [6, 6.07) is 25.4. The maximum atomic E-state index is 13.8. The molecule has 4 aliphatic rings. The van der Waals surface area contributed by atoms with Crippen LogP contribution in [-0.2, 0) is 40.5 Å². The summed E-state index contributed by atoms with van der Waals surface area (Å²) < 4.78 is 44.2. The number of likely N-dealkylation sites (N-methyl/N-ethyl adjacent to an activating group) is 1. The first-order valence-corrected chi connectivity index (χ1v) is 26.7. The lowest BCUT2D eigenvalue weighted by molar-refractivity contribution is -0.140. The lowest BCUT2D eigenvalue weighted by atomic mass is 9.99. The number of ether oxygens (including phenoxy) is 3. The fourth-order valence-corrected chi connectivity index (χ4v) is 11.1. The van der Waals surface area contributed by atoms with E-state index in [1.165, 1.54) is 22.5 Å². The minimum absolute atomic E-state index is 0.00563. The highest BCUT2D eigenvalue weighted by atomic mass is 32.2. The minimum atomic E-state index is -3.46. The van der Waals surface area contributed by atoms with Gasteiger partial charge < -0.3 is 34.6 Å². The molecule has 17 heteroatoms. The summed E-state index contributed by atoms with van der Waals surface area (Å²) in [5, 5.41) is 5.85. The van der Waals surface area contributed by atoms with Crippen molar-refractivity contribution in [3.05, 3.63) is 96.6 Å². The SMILES string of the molecule is CC(C)[C@H](NC(=O)[C@H](C)N(C)C(=O)OCc1ccccc1)C(=O)N1CC[C@H]2CC[C@H](Oc3ccccc3)[C@H]21.CC[C@@H](C)C(=O)N[C@H](C(=O)N1CC[C@@H]2[C@H]1[C@@H](Oc1ccccc1)CN2S(C)(=O)=O)C(C)C. The Hall–Kier alpha value is -5.68. The maximum absolute atomic E-state index is 13.8. The van der Waals surface area contributed by atoms with Gasteiger partial charge in [0.25, 0.3) is 0 Å². The van der Waals surface area contributed by atoms with Crippen molar-refractivity contribution in [3.8, 4) is 11.5 Å². The van der Waals surface area contributed by atoms with Gasteiger partial charge in [-0.15, -0.1) is 0 Å². The number of carbonyl (C=O) groups excluding carboxylic acids is 5. The Labute approximate surface area is 414 Å². The zero-order chi connectivity index (χ0) is 50.9. The van der Waals surface area contributed by atoms with Crippen molar-refractivity contribution in [2.45, 2.75) is 136 Å². The first kappa shape index (κ1) is 53.7. The van der Waals surface area contributed by atoms with Gasteiger partial charge in [-0.25, -0.2) is 13.2 Å². The van der Waals surface area contributed by atoms with Crippen LogP contribution >= 0.6 is 0 Å². The van der Waals surface area contributed by atoms with Crippen molar-refractivity contribution in [1.29, 1.82) is 0 Å². The normalized spacial score (nSPS) is 23.5. The van der Waals surface area contributed by atoms with Crippen LogP contribution in [0.15, 0.2) is 91.0 Å². The molecule has 1 aliphatic carbocycles. The average Bonchev–Trinajstić information content (AvgIpc) is 4.15. The van der Waals surface area contributed by atoms with Crippen LogP contribution in [0.4, 0.5) is 4.79 Å². The van der Waals surface area contributed by atoms with Gasteiger partial charge in [-0.1, -0.05) is 108 Å². The van der Waals surface area contributed by atoms with E-state index in [4.69, 9.17) is 14.2 Å². The number of benzene rings is 3. The van der Waals surface area contributed by atoms with Crippen LogP contribution in [0.3, 0.4) is 0 Å². The highest BCUT2D eigenvalue weighted by molar-refractivity contribution is 7.88. The average molecular weight is 987 g/mol. The minimum Gasteiger partial charge on any atom is -0.488 e. The third kappa shape index (κ3) is 13.0. The largest absolute Gasteiger partial charge is 0.488 e. The summed E-state index contributed by atoms with van der Waals surface area (Å²) in [6.07, 6.45) is 4.15. The monoisotopic (exact) mass is 987 g/mol. The smallest absolute Gasteiger partial charge is 0.410 e. The predicted molar refractivity (Wildman–Crippen MR) is 267 cm³/mol. The second kappa shape index (κ2) is 24.0. The molecule has 3 heterocycles. The van der Waals surface area contributed by atoms with Crippen molar-refractivity contribution in [3.63, 3.8) is 0 Å². The summed E-state index contributed by atoms with van der Waals surface area (Å²) in [4.78, 5) is 70.6. The highest BCUT2D eigenvalue weighted by Gasteiger charge is 2.55. The van der Waals surface area contributed by atoms with Gasteiger partial charge in [0.1, 0.15) is 48.4 Å². The Morgan fingerprint density at radius 3 is 1.70 bits per heavy atom. The van der Waals surface area contributed by atoms with Crippen LogP contribution < -0.4 is 20.1 Å². The molecule has 5 amide bonds. The second-order valence-electron chi connectivity index (χ2n) is 19.9. The quantitative estimate of drug-likeness (QED) is 0.160. The van der Waals surface area contributed by atoms with Gasteiger partial charge in [0, 0.05) is 26.1 Å². The fourth-order valence-electron chi connectivity index (χ4n) is 10.0. The number of hydrogen-bond acceptors (Lipinski definition) is 10. The number of nitrogens with one attached hydrogen (secondary N) is 2. The third-order valence-corrected chi connectivity index (χ3v) is 15.6. The van der Waals surface area contributed by atoms with E-state index in [0.717, 1.165) is 30.6 Å². The first-order chi connectivity index (χ1) is 33.3. The van der Waals surface area contributed by atoms with Gasteiger partial charge in [-0.05, 0) is 86.6 Å². The van der Waals surface area contributed by atoms with Gasteiger partial charge in [-0.2, -0.15) is 4.31 Å². The Balaban J connectivity index is 0.000000233. The van der Waals surface area contributed by atoms with Crippen LogP contribution in [0.2, 0.25) is 0 Å². The van der Waals surface area contributed by atoms with E-state index in [0.29, 0.717) is 37.6 Å². The van der Waals surface area contributed by atoms with E-state index in [2.05, 4.69) is 10.6 Å². The molecule has 10 atom stereocenters. The van der Waals surface area contributed by atoms with Crippen molar-refractivity contribution < 1.29 is 46.6 Å². The molecule has 382 valence electrons. The Morgan fingerprint density at radius 1 is 0.671 bits per heavy atom. The summed E-state index contributed by atoms with van der Waals surface area (Å²) >= 11 is 0. The van der Waals surface area contributed by atoms with E-state index in [9.17, 15) is 32.4 Å². The number of fused-ring (bicyclic) bond motifs is 2. The Kier molecular flexibility index (Phi) is 18.4. The van der Waals surface area contributed by atoms with Gasteiger partial charge in [0.15, 0.2) is 0 Å². The summed E-state index contributed by atoms with van der Waals surface area (Å²) in [5.41, 5.74) is 0.863. The molecule has 16 nitrogen and oxygen atoms in total. The number of para-hydroxylation sites is 2. The molecule has 7 rings (SSSR count). The van der Waals surface area contributed by atoms with Gasteiger partial charge in [0.2, 0.25) is 33.7 Å². The van der Waals surface area contributed by atoms with Crippen molar-refractivity contribution in [2.75, 3.05) is 32.9 Å². The Bertz CT molecular complexity index is 2340. The second-order valence-corrected chi connectivity index (χ2v) is 21.8. The molecule has 0 spiro atoms. The molecule has 3 aliphatic heterocycles. The Morgan fingerprint density at radius 2 is 1.17 bits per heavy atom. The van der Waals surface area contributed by atoms with Crippen LogP contribution in [-0.4, -0.2) is 139 Å². The summed E-state index contributed by atoms with van der Waals surface area (Å²) in [6.45, 7) is 14.5. The third-order valence-electron chi connectivity index (χ3n) is 14.3. The zero-order valence-electron chi connectivity index (χ0n) is 42.2. The molecule has 2 N–H and O–H groups in total. The molecule has 0 bridgehead atoms. The molecular formula is C53H74N6O10S. The van der Waals surface area contributed by atoms with Crippen LogP contribution in [0.5, 0.6) is 11.5 Å².